The first kappa shape index (κ1) is 31.3. The molecule has 6 rings (SSSR count). The summed E-state index contributed by atoms with van der Waals surface area (Å²) in [6.07, 6.45) is 3.26. The standard InChI is InChI=1S/C33H37Cl2N7O3/c1-19(2)37-14-20-9-10-25(38-31(20)45-5)24-8-6-7-22(28(24)34)23-11-12-36-30(29(23)35)21-13-26-32(43)40(4)27(39-42(26)15-21)16-41-17-33(3,44)18-41/h6-13,15,19,27,37,39,44H,14,16-18H2,1-5H3. The molecule has 45 heavy (non-hydrogen) atoms. The van der Waals surface area contributed by atoms with E-state index in [1.165, 1.54) is 0 Å². The number of hydrogen-bond donors (Lipinski definition) is 3. The van der Waals surface area contributed by atoms with Gasteiger partial charge in [-0.2, -0.15) is 0 Å². The molecule has 10 nitrogen and oxygen atoms in total. The SMILES string of the molecule is COc1nc(-c2cccc(-c3ccnc(-c4cc5n(c4)NC(CN4CC(C)(O)C4)N(C)C5=O)c3Cl)c2Cl)ccc1CNC(C)C. The van der Waals surface area contributed by atoms with Crippen molar-refractivity contribution in [1.82, 2.24) is 29.8 Å². The molecule has 2 aliphatic rings. The lowest BCUT2D eigenvalue weighted by atomic mass is 9.97. The number of aromatic nitrogens is 3. The highest BCUT2D eigenvalue weighted by atomic mass is 35.5. The Hall–Kier alpha value is -3.67. The quantitative estimate of drug-likeness (QED) is 0.230. The van der Waals surface area contributed by atoms with Gasteiger partial charge in [0.05, 0.1) is 34.1 Å². The zero-order chi connectivity index (χ0) is 32.0. The number of carbonyl (C=O) groups is 1. The van der Waals surface area contributed by atoms with Crippen LogP contribution in [0.1, 0.15) is 36.8 Å². The Morgan fingerprint density at radius 2 is 1.87 bits per heavy atom. The predicted molar refractivity (Wildman–Crippen MR) is 177 cm³/mol. The second kappa shape index (κ2) is 12.3. The number of likely N-dealkylation sites (tertiary alicyclic amines) is 1. The van der Waals surface area contributed by atoms with Crippen molar-refractivity contribution in [3.63, 3.8) is 0 Å². The van der Waals surface area contributed by atoms with Gasteiger partial charge in [0.15, 0.2) is 0 Å². The first-order valence-corrected chi connectivity index (χ1v) is 15.6. The highest BCUT2D eigenvalue weighted by Gasteiger charge is 2.40. The van der Waals surface area contributed by atoms with Crippen molar-refractivity contribution >= 4 is 29.1 Å². The molecule has 1 amide bonds. The first-order valence-electron chi connectivity index (χ1n) is 14.9. The van der Waals surface area contributed by atoms with Crippen LogP contribution in [0.3, 0.4) is 0 Å². The summed E-state index contributed by atoms with van der Waals surface area (Å²) < 4.78 is 7.33. The predicted octanol–water partition coefficient (Wildman–Crippen LogP) is 5.11. The summed E-state index contributed by atoms with van der Waals surface area (Å²) in [7, 11) is 3.38. The van der Waals surface area contributed by atoms with Gasteiger partial charge in [-0.1, -0.05) is 61.3 Å². The lowest BCUT2D eigenvalue weighted by molar-refractivity contribution is -0.0886. The highest BCUT2D eigenvalue weighted by Crippen LogP contribution is 2.42. The van der Waals surface area contributed by atoms with Crippen molar-refractivity contribution in [2.45, 2.75) is 45.1 Å². The molecular formula is C33H37Cl2N7O3. The zero-order valence-corrected chi connectivity index (χ0v) is 27.4. The maximum atomic E-state index is 13.3. The number of β-amino-alcohol motifs (C(OH)–C–C–N with tert-alkyl or cyclic N) is 1. The van der Waals surface area contributed by atoms with E-state index in [1.807, 2.05) is 49.5 Å². The van der Waals surface area contributed by atoms with Crippen molar-refractivity contribution in [1.29, 1.82) is 0 Å². The number of rotatable bonds is 9. The third-order valence-corrected chi connectivity index (χ3v) is 9.03. The van der Waals surface area contributed by atoms with Gasteiger partial charge in [-0.15, -0.1) is 0 Å². The summed E-state index contributed by atoms with van der Waals surface area (Å²) in [5.41, 5.74) is 8.27. The fourth-order valence-electron chi connectivity index (χ4n) is 5.92. The molecule has 1 unspecified atom stereocenters. The van der Waals surface area contributed by atoms with Crippen LogP contribution in [0.15, 0.2) is 54.9 Å². The molecule has 1 saturated heterocycles. The monoisotopic (exact) mass is 649 g/mol. The van der Waals surface area contributed by atoms with Gasteiger partial charge < -0.3 is 25.5 Å². The van der Waals surface area contributed by atoms with Crippen LogP contribution in [-0.4, -0.2) is 87.1 Å². The van der Waals surface area contributed by atoms with E-state index in [-0.39, 0.29) is 12.1 Å². The number of hydrogen-bond acceptors (Lipinski definition) is 8. The van der Waals surface area contributed by atoms with E-state index in [2.05, 4.69) is 34.5 Å². The summed E-state index contributed by atoms with van der Waals surface area (Å²) in [5.74, 6) is 0.422. The average molecular weight is 651 g/mol. The van der Waals surface area contributed by atoms with Gasteiger partial charge in [0.25, 0.3) is 5.91 Å². The van der Waals surface area contributed by atoms with E-state index >= 15 is 0 Å². The van der Waals surface area contributed by atoms with Crippen LogP contribution in [0.2, 0.25) is 10.0 Å². The number of methoxy groups -OCH3 is 1. The fourth-order valence-corrected chi connectivity index (χ4v) is 6.57. The van der Waals surface area contributed by atoms with Crippen LogP contribution in [0.25, 0.3) is 33.6 Å². The Morgan fingerprint density at radius 1 is 1.13 bits per heavy atom. The fraction of sp³-hybridized carbons (Fsp3) is 0.364. The maximum Gasteiger partial charge on any atom is 0.273 e. The van der Waals surface area contributed by atoms with Crippen LogP contribution in [0.5, 0.6) is 5.88 Å². The van der Waals surface area contributed by atoms with Gasteiger partial charge in [-0.25, -0.2) is 4.98 Å². The molecule has 3 N–H and O–H groups in total. The molecule has 236 valence electrons. The number of fused-ring (bicyclic) bond motifs is 1. The summed E-state index contributed by atoms with van der Waals surface area (Å²) in [6, 6.07) is 13.6. The number of aliphatic hydroxyl groups is 1. The van der Waals surface area contributed by atoms with Crippen molar-refractivity contribution in [2.75, 3.05) is 39.2 Å². The molecule has 4 aromatic rings. The minimum atomic E-state index is -0.683. The van der Waals surface area contributed by atoms with Gasteiger partial charge in [-0.05, 0) is 25.1 Å². The number of likely N-dealkylation sites (N-methyl/N-ethyl adjacent to an activating group) is 1. The average Bonchev–Trinajstić information content (AvgIpc) is 3.42. The second-order valence-corrected chi connectivity index (χ2v) is 13.1. The van der Waals surface area contributed by atoms with Crippen molar-refractivity contribution in [3.8, 4) is 39.5 Å². The van der Waals surface area contributed by atoms with E-state index in [0.29, 0.717) is 76.4 Å². The second-order valence-electron chi connectivity index (χ2n) is 12.3. The first-order chi connectivity index (χ1) is 21.5. The number of nitrogens with one attached hydrogen (secondary N) is 2. The maximum absolute atomic E-state index is 13.3. The van der Waals surface area contributed by atoms with Gasteiger partial charge >= 0.3 is 0 Å². The molecule has 5 heterocycles. The summed E-state index contributed by atoms with van der Waals surface area (Å²) in [4.78, 5) is 26.5. The third kappa shape index (κ3) is 6.13. The Labute approximate surface area is 272 Å². The molecule has 12 heteroatoms. The largest absolute Gasteiger partial charge is 0.481 e. The molecule has 1 atom stereocenters. The number of carbonyl (C=O) groups excluding carboxylic acids is 1. The van der Waals surface area contributed by atoms with Crippen LogP contribution >= 0.6 is 23.2 Å². The lowest BCUT2D eigenvalue weighted by Crippen LogP contribution is -2.65. The lowest BCUT2D eigenvalue weighted by Gasteiger charge is -2.47. The number of ether oxygens (including phenoxy) is 1. The summed E-state index contributed by atoms with van der Waals surface area (Å²) >= 11 is 14.1. The Morgan fingerprint density at radius 3 is 2.58 bits per heavy atom. The van der Waals surface area contributed by atoms with Crippen LogP contribution in [0, 0.1) is 0 Å². The van der Waals surface area contributed by atoms with Crippen molar-refractivity contribution < 1.29 is 14.6 Å². The van der Waals surface area contributed by atoms with Gasteiger partial charge in [0.2, 0.25) is 5.88 Å². The van der Waals surface area contributed by atoms with Crippen molar-refractivity contribution in [3.05, 3.63) is 76.2 Å². The zero-order valence-electron chi connectivity index (χ0n) is 25.9. The summed E-state index contributed by atoms with van der Waals surface area (Å²) in [5, 5.41) is 14.4. The molecule has 3 aromatic heterocycles. The van der Waals surface area contributed by atoms with E-state index in [9.17, 15) is 9.90 Å². The minimum Gasteiger partial charge on any atom is -0.481 e. The van der Waals surface area contributed by atoms with Crippen LogP contribution in [-0.2, 0) is 6.54 Å². The molecule has 0 saturated carbocycles. The molecule has 0 spiro atoms. The summed E-state index contributed by atoms with van der Waals surface area (Å²) in [6.45, 7) is 8.36. The third-order valence-electron chi connectivity index (χ3n) is 8.24. The van der Waals surface area contributed by atoms with E-state index < -0.39 is 5.60 Å². The molecule has 0 aliphatic carbocycles. The number of pyridine rings is 2. The molecule has 1 fully saturated rings. The van der Waals surface area contributed by atoms with Crippen LogP contribution in [0.4, 0.5) is 0 Å². The highest BCUT2D eigenvalue weighted by molar-refractivity contribution is 6.39. The Balaban J connectivity index is 1.29. The topological polar surface area (TPSA) is 108 Å². The van der Waals surface area contributed by atoms with Gasteiger partial charge in [0.1, 0.15) is 11.9 Å². The van der Waals surface area contributed by atoms with Crippen molar-refractivity contribution in [2.24, 2.45) is 0 Å². The number of nitrogens with zero attached hydrogens (tertiary/aromatic N) is 5. The normalized spacial score (nSPS) is 17.7. The molecule has 0 bridgehead atoms. The van der Waals surface area contributed by atoms with Gasteiger partial charge in [-0.3, -0.25) is 19.4 Å². The molecule has 0 radical (unpaired) electrons. The number of benzene rings is 1. The van der Waals surface area contributed by atoms with E-state index in [1.54, 1.807) is 36.0 Å². The van der Waals surface area contributed by atoms with E-state index in [0.717, 1.165) is 16.7 Å². The van der Waals surface area contributed by atoms with E-state index in [4.69, 9.17) is 32.9 Å². The smallest absolute Gasteiger partial charge is 0.273 e. The minimum absolute atomic E-state index is 0.116. The Kier molecular flexibility index (Phi) is 8.53. The number of amides is 1. The number of halogens is 2. The van der Waals surface area contributed by atoms with Gasteiger partial charge in [0, 0.05) is 79.5 Å². The molecule has 1 aromatic carbocycles. The molecule has 2 aliphatic heterocycles. The molecular weight excluding hydrogens is 613 g/mol. The van der Waals surface area contributed by atoms with Crippen LogP contribution < -0.4 is 15.5 Å². The Bertz CT molecular complexity index is 1750.